The molecule has 0 amide bonds. The average Bonchev–Trinajstić information content (AvgIpc) is 2.93. The van der Waals surface area contributed by atoms with Crippen LogP contribution >= 0.6 is 0 Å². The molecule has 4 aromatic carbocycles. The fourth-order valence-corrected chi connectivity index (χ4v) is 17.6. The molecule has 4 rings (SSSR count). The molecule has 2 nitrogen and oxygen atoms in total. The van der Waals surface area contributed by atoms with Crippen LogP contribution in [0.4, 0.5) is 0 Å². The Hall–Kier alpha value is -2.33. The van der Waals surface area contributed by atoms with Crippen molar-refractivity contribution in [3.8, 4) is 0 Å². The summed E-state index contributed by atoms with van der Waals surface area (Å²) in [5, 5.41) is 0. The molecule has 0 radical (unpaired) electrons. The summed E-state index contributed by atoms with van der Waals surface area (Å²) in [6.45, 7) is 10.4. The summed E-state index contributed by atoms with van der Waals surface area (Å²) in [5.74, 6) is 0. The van der Waals surface area contributed by atoms with Crippen LogP contribution < -0.4 is 0 Å². The van der Waals surface area contributed by atoms with Crippen molar-refractivity contribution in [2.45, 2.75) is 46.9 Å². The van der Waals surface area contributed by atoms with Crippen LogP contribution in [-0.2, 0) is 45.7 Å². The van der Waals surface area contributed by atoms with Crippen molar-refractivity contribution in [1.82, 2.24) is 0 Å². The Morgan fingerprint density at radius 2 is 0.757 bits per heavy atom. The second kappa shape index (κ2) is 12.5. The van der Waals surface area contributed by atoms with Gasteiger partial charge in [0.15, 0.2) is 0 Å². The van der Waals surface area contributed by atoms with Gasteiger partial charge in [-0.15, -0.1) is 0 Å². The van der Waals surface area contributed by atoms with Crippen LogP contribution in [0.2, 0.25) is 0 Å². The van der Waals surface area contributed by atoms with E-state index >= 15 is 0 Å². The monoisotopic (exact) mass is 660 g/mol. The summed E-state index contributed by atoms with van der Waals surface area (Å²) in [7, 11) is 0. The molecule has 0 bridgehead atoms. The predicted octanol–water partition coefficient (Wildman–Crippen LogP) is 8.36. The van der Waals surface area contributed by atoms with Crippen molar-refractivity contribution in [3.63, 3.8) is 0 Å². The molecule has 0 N–H and O–H groups in total. The normalized spacial score (nSPS) is 12.4. The summed E-state index contributed by atoms with van der Waals surface area (Å²) >= 11 is -3.93. The third-order valence-electron chi connectivity index (χ3n) is 7.14. The maximum atomic E-state index is 7.19. The Labute approximate surface area is 229 Å². The van der Waals surface area contributed by atoms with Crippen LogP contribution in [0, 0.1) is 0 Å². The van der Waals surface area contributed by atoms with E-state index in [1.807, 2.05) is 0 Å². The maximum absolute atomic E-state index is 7.19. The van der Waals surface area contributed by atoms with E-state index in [2.05, 4.69) is 149 Å². The van der Waals surface area contributed by atoms with Crippen molar-refractivity contribution in [2.24, 2.45) is 0 Å². The first-order valence-corrected chi connectivity index (χ1v) is 21.3. The summed E-state index contributed by atoms with van der Waals surface area (Å²) in [6, 6.07) is 42.9. The molecule has 3 heteroatoms. The first-order chi connectivity index (χ1) is 17.8. The molecular formula is C34H40HfO2. The van der Waals surface area contributed by atoms with E-state index in [0.29, 0.717) is 13.2 Å². The molecule has 0 unspecified atom stereocenters. The molecule has 0 aliphatic carbocycles. The van der Waals surface area contributed by atoms with Crippen molar-refractivity contribution in [1.29, 1.82) is 0 Å². The second-order valence-electron chi connectivity index (χ2n) is 11.3. The first-order valence-electron chi connectivity index (χ1n) is 13.2. The van der Waals surface area contributed by atoms with E-state index in [-0.39, 0.29) is 10.8 Å². The first kappa shape index (κ1) is 27.7. The van der Waals surface area contributed by atoms with E-state index in [9.17, 15) is 0 Å². The summed E-state index contributed by atoms with van der Waals surface area (Å²) in [4.78, 5) is 0. The number of rotatable bonds is 12. The number of hydrogen-bond acceptors (Lipinski definition) is 2. The van der Waals surface area contributed by atoms with Crippen LogP contribution in [-0.4, -0.2) is 13.2 Å². The molecule has 0 atom stereocenters. The van der Waals surface area contributed by atoms with Crippen LogP contribution in [0.1, 0.15) is 49.9 Å². The molecular weight excluding hydrogens is 619 g/mol. The Morgan fingerprint density at radius 3 is 1.08 bits per heavy atom. The van der Waals surface area contributed by atoms with E-state index in [4.69, 9.17) is 5.71 Å². The third kappa shape index (κ3) is 7.83. The molecule has 0 aliphatic heterocycles. The molecule has 192 valence electrons. The van der Waals surface area contributed by atoms with Crippen LogP contribution in [0.15, 0.2) is 121 Å². The van der Waals surface area contributed by atoms with E-state index in [1.54, 1.807) is 0 Å². The zero-order valence-electron chi connectivity index (χ0n) is 22.7. The molecule has 0 aromatic heterocycles. The van der Waals surface area contributed by atoms with Gasteiger partial charge in [0.1, 0.15) is 0 Å². The minimum atomic E-state index is -3.93. The fourth-order valence-electron chi connectivity index (χ4n) is 4.69. The topological polar surface area (TPSA) is 18.5 Å². The van der Waals surface area contributed by atoms with Gasteiger partial charge in [0.2, 0.25) is 0 Å². The quantitative estimate of drug-likeness (QED) is 0.143. The Balaban J connectivity index is 1.68. The van der Waals surface area contributed by atoms with Crippen LogP contribution in [0.3, 0.4) is 0 Å². The van der Waals surface area contributed by atoms with Gasteiger partial charge in [-0.2, -0.15) is 0 Å². The van der Waals surface area contributed by atoms with Gasteiger partial charge in [0.05, 0.1) is 0 Å². The molecule has 0 saturated heterocycles. The Bertz CT molecular complexity index is 1110. The zero-order valence-corrected chi connectivity index (χ0v) is 26.3. The standard InChI is InChI=1S/2C10H13O.2C7H7.Hf/c2*1-10(2,8-11)9-6-4-3-5-7-9;2*1-7-5-3-2-4-6-7;/h2*3-7H,8H2,1-2H3;2*2-6H,1H2;/q2*-1;;;+2. The molecule has 0 saturated carbocycles. The molecule has 4 aromatic rings. The minimum absolute atomic E-state index is 0.113. The van der Waals surface area contributed by atoms with Crippen LogP contribution in [0.5, 0.6) is 0 Å². The van der Waals surface area contributed by atoms with Crippen molar-refractivity contribution in [3.05, 3.63) is 144 Å². The van der Waals surface area contributed by atoms with Crippen molar-refractivity contribution < 1.29 is 26.6 Å². The van der Waals surface area contributed by atoms with E-state index < -0.39 is 20.8 Å². The SMILES string of the molecule is CC(C)(C[O][Hf]([CH2]c1ccccc1)([CH2]c1ccccc1)[O]CC(C)(C)c1ccccc1)c1ccccc1. The van der Waals surface area contributed by atoms with Gasteiger partial charge in [-0.3, -0.25) is 0 Å². The summed E-state index contributed by atoms with van der Waals surface area (Å²) in [5.41, 5.74) is 4.96. The van der Waals surface area contributed by atoms with Gasteiger partial charge in [0, 0.05) is 0 Å². The van der Waals surface area contributed by atoms with Crippen molar-refractivity contribution >= 4 is 0 Å². The Morgan fingerprint density at radius 1 is 0.459 bits per heavy atom. The molecule has 0 heterocycles. The zero-order chi connectivity index (χ0) is 26.2. The molecule has 0 aliphatic rings. The second-order valence-corrected chi connectivity index (χ2v) is 22.5. The predicted molar refractivity (Wildman–Crippen MR) is 151 cm³/mol. The molecule has 37 heavy (non-hydrogen) atoms. The van der Waals surface area contributed by atoms with E-state index in [0.717, 1.165) is 8.35 Å². The van der Waals surface area contributed by atoms with Gasteiger partial charge >= 0.3 is 230 Å². The summed E-state index contributed by atoms with van der Waals surface area (Å²) < 4.78 is 16.2. The van der Waals surface area contributed by atoms with Gasteiger partial charge in [0.25, 0.3) is 0 Å². The van der Waals surface area contributed by atoms with E-state index in [1.165, 1.54) is 22.3 Å². The Kier molecular flexibility index (Phi) is 9.34. The average molecular weight is 659 g/mol. The van der Waals surface area contributed by atoms with Gasteiger partial charge in [-0.25, -0.2) is 0 Å². The van der Waals surface area contributed by atoms with Gasteiger partial charge < -0.3 is 0 Å². The number of hydrogen-bond donors (Lipinski definition) is 0. The molecule has 0 fully saturated rings. The fraction of sp³-hybridized carbons (Fsp3) is 0.294. The van der Waals surface area contributed by atoms with Crippen molar-refractivity contribution in [2.75, 3.05) is 13.2 Å². The summed E-state index contributed by atoms with van der Waals surface area (Å²) in [6.07, 6.45) is 0. The van der Waals surface area contributed by atoms with Crippen LogP contribution in [0.25, 0.3) is 0 Å². The van der Waals surface area contributed by atoms with Gasteiger partial charge in [-0.05, 0) is 0 Å². The molecule has 0 spiro atoms. The third-order valence-corrected chi connectivity index (χ3v) is 18.8. The number of benzene rings is 4. The van der Waals surface area contributed by atoms with Gasteiger partial charge in [-0.1, -0.05) is 0 Å².